The molecule has 3 aliphatic rings. The van der Waals surface area contributed by atoms with Crippen molar-refractivity contribution >= 4 is 5.97 Å². The normalized spacial score (nSPS) is 31.4. The molecule has 1 aromatic carbocycles. The van der Waals surface area contributed by atoms with Crippen molar-refractivity contribution in [1.29, 1.82) is 0 Å². The van der Waals surface area contributed by atoms with Gasteiger partial charge in [0.2, 0.25) is 0 Å². The highest BCUT2D eigenvalue weighted by atomic mass is 16.8. The third-order valence-electron chi connectivity index (χ3n) is 7.78. The Kier molecular flexibility index (Phi) is 10.4. The topological polar surface area (TPSA) is 83.5 Å². The Morgan fingerprint density at radius 2 is 1.62 bits per heavy atom. The first-order valence-corrected chi connectivity index (χ1v) is 14.5. The van der Waals surface area contributed by atoms with E-state index in [1.54, 1.807) is 12.1 Å². The average Bonchev–Trinajstić information content (AvgIpc) is 3.56. The Morgan fingerprint density at radius 1 is 0.946 bits per heavy atom. The molecule has 37 heavy (non-hydrogen) atoms. The maximum absolute atomic E-state index is 12.9. The van der Waals surface area contributed by atoms with E-state index in [0.29, 0.717) is 5.56 Å². The zero-order valence-electron chi connectivity index (χ0n) is 22.8. The number of hydrogen-bond donors (Lipinski definition) is 1. The number of fused-ring (bicyclic) bond motifs is 1. The van der Waals surface area contributed by atoms with Gasteiger partial charge in [-0.1, -0.05) is 76.5 Å². The predicted molar refractivity (Wildman–Crippen MR) is 140 cm³/mol. The van der Waals surface area contributed by atoms with Gasteiger partial charge in [0.25, 0.3) is 0 Å². The van der Waals surface area contributed by atoms with Gasteiger partial charge in [0.15, 0.2) is 12.1 Å². The van der Waals surface area contributed by atoms with Crippen LogP contribution >= 0.6 is 0 Å². The van der Waals surface area contributed by atoms with Gasteiger partial charge < -0.3 is 28.8 Å². The molecular weight excluding hydrogens is 472 g/mol. The lowest BCUT2D eigenvalue weighted by Gasteiger charge is -2.28. The van der Waals surface area contributed by atoms with E-state index in [9.17, 15) is 9.90 Å². The van der Waals surface area contributed by atoms with Crippen molar-refractivity contribution in [2.75, 3.05) is 0 Å². The van der Waals surface area contributed by atoms with E-state index >= 15 is 0 Å². The molecule has 3 aliphatic heterocycles. The van der Waals surface area contributed by atoms with Crippen molar-refractivity contribution in [3.8, 4) is 0 Å². The minimum absolute atomic E-state index is 0.221. The maximum Gasteiger partial charge on any atom is 0.338 e. The van der Waals surface area contributed by atoms with Crippen LogP contribution in [0, 0.1) is 0 Å². The molecule has 7 nitrogen and oxygen atoms in total. The molecule has 0 spiro atoms. The van der Waals surface area contributed by atoms with Crippen LogP contribution in [0.2, 0.25) is 0 Å². The molecule has 0 unspecified atom stereocenters. The SMILES string of the molecule is CCCCCCCCCCC[C@@H](OC(=O)c1ccccc1)[C@@H]1CC[C@@H]([C@@H]2O[C@H]3OC(C)(C)O[C@@H]3[C@H]2O)O1. The van der Waals surface area contributed by atoms with Crippen LogP contribution in [0.3, 0.4) is 0 Å². The van der Waals surface area contributed by atoms with Crippen LogP contribution < -0.4 is 0 Å². The molecule has 1 N–H and O–H groups in total. The molecule has 0 bridgehead atoms. The van der Waals surface area contributed by atoms with Gasteiger partial charge in [0.1, 0.15) is 24.4 Å². The van der Waals surface area contributed by atoms with Crippen LogP contribution in [0.4, 0.5) is 0 Å². The van der Waals surface area contributed by atoms with Crippen molar-refractivity contribution in [1.82, 2.24) is 0 Å². The summed E-state index contributed by atoms with van der Waals surface area (Å²) in [5.41, 5.74) is 0.549. The number of aliphatic hydroxyl groups excluding tert-OH is 1. The third-order valence-corrected chi connectivity index (χ3v) is 7.78. The van der Waals surface area contributed by atoms with Gasteiger partial charge in [-0.15, -0.1) is 0 Å². The van der Waals surface area contributed by atoms with Crippen LogP contribution in [0.5, 0.6) is 0 Å². The summed E-state index contributed by atoms with van der Waals surface area (Å²) < 4.78 is 30.1. The van der Waals surface area contributed by atoms with Crippen LogP contribution in [0.15, 0.2) is 30.3 Å². The fraction of sp³-hybridized carbons (Fsp3) is 0.767. The number of carbonyl (C=O) groups excluding carboxylic acids is 1. The highest BCUT2D eigenvalue weighted by Gasteiger charge is 2.57. The van der Waals surface area contributed by atoms with Crippen molar-refractivity contribution in [3.63, 3.8) is 0 Å². The van der Waals surface area contributed by atoms with Crippen molar-refractivity contribution in [2.24, 2.45) is 0 Å². The number of aliphatic hydroxyl groups is 1. The Labute approximate surface area is 222 Å². The molecule has 7 atom stereocenters. The first kappa shape index (κ1) is 28.5. The lowest BCUT2D eigenvalue weighted by atomic mass is 10.00. The number of benzene rings is 1. The number of unbranched alkanes of at least 4 members (excludes halogenated alkanes) is 8. The summed E-state index contributed by atoms with van der Waals surface area (Å²) in [6.07, 6.45) is 10.1. The van der Waals surface area contributed by atoms with Crippen LogP contribution in [0.1, 0.15) is 108 Å². The van der Waals surface area contributed by atoms with E-state index < -0.39 is 30.4 Å². The largest absolute Gasteiger partial charge is 0.456 e. The van der Waals surface area contributed by atoms with Gasteiger partial charge in [-0.3, -0.25) is 0 Å². The summed E-state index contributed by atoms with van der Waals surface area (Å²) in [5, 5.41) is 10.9. The molecule has 1 aromatic rings. The minimum atomic E-state index is -0.821. The molecule has 3 fully saturated rings. The molecule has 3 saturated heterocycles. The van der Waals surface area contributed by atoms with Crippen LogP contribution in [-0.2, 0) is 23.7 Å². The number of ether oxygens (including phenoxy) is 5. The van der Waals surface area contributed by atoms with Gasteiger partial charge in [0.05, 0.1) is 17.8 Å². The van der Waals surface area contributed by atoms with Gasteiger partial charge in [-0.2, -0.15) is 0 Å². The van der Waals surface area contributed by atoms with Gasteiger partial charge >= 0.3 is 5.97 Å². The van der Waals surface area contributed by atoms with Crippen molar-refractivity contribution < 1.29 is 33.6 Å². The van der Waals surface area contributed by atoms with E-state index in [4.69, 9.17) is 23.7 Å². The third kappa shape index (κ3) is 7.76. The Hall–Kier alpha value is -1.51. The van der Waals surface area contributed by atoms with Crippen molar-refractivity contribution in [3.05, 3.63) is 35.9 Å². The van der Waals surface area contributed by atoms with E-state index in [1.807, 2.05) is 32.0 Å². The van der Waals surface area contributed by atoms with E-state index in [-0.39, 0.29) is 24.3 Å². The summed E-state index contributed by atoms with van der Waals surface area (Å²) in [7, 11) is 0. The Bertz CT molecular complexity index is 828. The van der Waals surface area contributed by atoms with Crippen LogP contribution in [-0.4, -0.2) is 59.8 Å². The fourth-order valence-corrected chi connectivity index (χ4v) is 5.78. The molecule has 208 valence electrons. The summed E-state index contributed by atoms with van der Waals surface area (Å²) in [6, 6.07) is 9.13. The number of hydrogen-bond acceptors (Lipinski definition) is 7. The summed E-state index contributed by atoms with van der Waals surface area (Å²) in [4.78, 5) is 12.9. The predicted octanol–water partition coefficient (Wildman–Crippen LogP) is 5.92. The maximum atomic E-state index is 12.9. The van der Waals surface area contributed by atoms with Gasteiger partial charge in [-0.05, 0) is 51.7 Å². The lowest BCUT2D eigenvalue weighted by molar-refractivity contribution is -0.229. The number of rotatable bonds is 14. The smallest absolute Gasteiger partial charge is 0.338 e. The highest BCUT2D eigenvalue weighted by molar-refractivity contribution is 5.89. The first-order valence-electron chi connectivity index (χ1n) is 14.5. The quantitative estimate of drug-likeness (QED) is 0.242. The monoisotopic (exact) mass is 518 g/mol. The van der Waals surface area contributed by atoms with Gasteiger partial charge in [0, 0.05) is 0 Å². The van der Waals surface area contributed by atoms with Crippen molar-refractivity contribution in [2.45, 2.75) is 147 Å². The van der Waals surface area contributed by atoms with E-state index in [2.05, 4.69) is 6.92 Å². The molecule has 0 radical (unpaired) electrons. The number of esters is 1. The lowest BCUT2D eigenvalue weighted by Crippen LogP contribution is -2.42. The zero-order valence-corrected chi connectivity index (χ0v) is 22.8. The minimum Gasteiger partial charge on any atom is -0.456 e. The number of carbonyl (C=O) groups is 1. The molecule has 7 heteroatoms. The second-order valence-corrected chi connectivity index (χ2v) is 11.3. The second kappa shape index (κ2) is 13.5. The second-order valence-electron chi connectivity index (χ2n) is 11.3. The molecule has 0 saturated carbocycles. The zero-order chi connectivity index (χ0) is 26.3. The molecule has 0 aliphatic carbocycles. The standard InChI is InChI=1S/C30H46O7/c1-4-5-6-7-8-9-10-11-15-18-22(34-28(32)21-16-13-12-14-17-21)23-19-20-24(33-23)26-25(31)27-29(35-26)37-30(2,3)36-27/h12-14,16-17,22-27,29,31H,4-11,15,18-20H2,1-3H3/t22-,23+,24+,25+,26+,27-,29+/m1/s1. The molecule has 0 aromatic heterocycles. The van der Waals surface area contributed by atoms with E-state index in [0.717, 1.165) is 32.1 Å². The first-order chi connectivity index (χ1) is 17.9. The Balaban J connectivity index is 1.28. The summed E-state index contributed by atoms with van der Waals surface area (Å²) >= 11 is 0. The highest BCUT2D eigenvalue weighted by Crippen LogP contribution is 2.41. The molecule has 3 heterocycles. The Morgan fingerprint density at radius 3 is 2.30 bits per heavy atom. The summed E-state index contributed by atoms with van der Waals surface area (Å²) in [6.45, 7) is 5.88. The molecule has 4 rings (SSSR count). The summed E-state index contributed by atoms with van der Waals surface area (Å²) in [5.74, 6) is -1.09. The fourth-order valence-electron chi connectivity index (χ4n) is 5.78. The average molecular weight is 519 g/mol. The van der Waals surface area contributed by atoms with E-state index in [1.165, 1.54) is 44.9 Å². The molecular formula is C30H46O7. The van der Waals surface area contributed by atoms with Gasteiger partial charge in [-0.25, -0.2) is 4.79 Å². The molecule has 0 amide bonds. The van der Waals surface area contributed by atoms with Crippen LogP contribution in [0.25, 0.3) is 0 Å².